The van der Waals surface area contributed by atoms with Gasteiger partial charge in [0, 0.05) is 20.3 Å². The van der Waals surface area contributed by atoms with Gasteiger partial charge in [-0.25, -0.2) is 4.79 Å². The molecule has 2 amide bonds. The van der Waals surface area contributed by atoms with Gasteiger partial charge >= 0.3 is 5.97 Å². The molecule has 324 valence electrons. The number of aliphatic hydroxyl groups excluding tert-OH is 12. The zero-order valence-corrected chi connectivity index (χ0v) is 30.3. The fourth-order valence-electron chi connectivity index (χ4n) is 6.88. The van der Waals surface area contributed by atoms with Crippen LogP contribution in [0.15, 0.2) is 0 Å². The summed E-state index contributed by atoms with van der Waals surface area (Å²) >= 11 is 0. The maximum absolute atomic E-state index is 12.6. The normalized spacial score (nSPS) is 45.7. The lowest BCUT2D eigenvalue weighted by molar-refractivity contribution is -0.369. The van der Waals surface area contributed by atoms with E-state index in [1.54, 1.807) is 0 Å². The molecule has 56 heavy (non-hydrogen) atoms. The number of carbonyl (C=O) groups is 3. The van der Waals surface area contributed by atoms with E-state index in [1.807, 2.05) is 0 Å². The number of amides is 2. The molecule has 0 aromatic rings. The van der Waals surface area contributed by atoms with Crippen molar-refractivity contribution in [2.45, 2.75) is 155 Å². The van der Waals surface area contributed by atoms with Gasteiger partial charge in [-0.15, -0.1) is 0 Å². The van der Waals surface area contributed by atoms with Crippen molar-refractivity contribution in [2.24, 2.45) is 0 Å². The van der Waals surface area contributed by atoms with Crippen LogP contribution in [-0.4, -0.2) is 232 Å². The zero-order chi connectivity index (χ0) is 42.0. The minimum Gasteiger partial charge on any atom is -0.477 e. The number of aliphatic carboxylic acids is 1. The summed E-state index contributed by atoms with van der Waals surface area (Å²) in [6.45, 7) is 0.423. The van der Waals surface area contributed by atoms with Crippen molar-refractivity contribution in [3.63, 3.8) is 0 Å². The summed E-state index contributed by atoms with van der Waals surface area (Å²) in [5.74, 6) is -6.31. The minimum absolute atomic E-state index is 0.746. The highest BCUT2D eigenvalue weighted by atomic mass is 16.8. The number of carboxylic acids is 1. The minimum atomic E-state index is -2.90. The molecule has 0 bridgehead atoms. The molecule has 25 nitrogen and oxygen atoms in total. The van der Waals surface area contributed by atoms with Gasteiger partial charge in [-0.1, -0.05) is 0 Å². The van der Waals surface area contributed by atoms with Crippen LogP contribution < -0.4 is 10.6 Å². The average Bonchev–Trinajstić information content (AvgIpc) is 3.14. The summed E-state index contributed by atoms with van der Waals surface area (Å²) in [4.78, 5) is 36.6. The smallest absolute Gasteiger partial charge is 0.364 e. The average molecular weight is 821 g/mol. The molecule has 0 spiro atoms. The molecular formula is C31H52N2O23. The standard InChI is InChI=1S/C31H52N2O23/c1-8-17(40)26(23(46)27(47)51-8)55-28-16(33-10(3)37)20(43)24(13(6-35)52-28)54-29-22(45)21(44)19(42)14(53-29)7-50-31(30(48)49)4-11(38)15(32-9(2)36)25(56-31)18(41)12(39)5-34/h8,11-29,34-35,38-47H,4-7H2,1-3H3,(H,32,36)(H,33,37)(H,48,49)/t8-,11-,12+,13+,14+,15+,16+,17+,18+,19-,20+,21-,22+,23-,24+,25+,26+,27-,28-,29-,31+/m0/s1. The topological polar surface area (TPSA) is 403 Å². The SMILES string of the molecule is CC(=O)N[C@H]1[C@H](O[C@@H]2[C@H](O)[C@H](C)O[C@H](O)[C@H]2O)O[C@H](CO)[C@@H](O[C@@H]2O[C@H](CO[C@]3(C(=O)O)C[C@H](O)[C@@H](NC(C)=O)[C@H]([C@H](O)[C@H](O)CO)O3)[C@H](O)[C@H](O)[C@H]2O)[C@@H]1O. The lowest BCUT2D eigenvalue weighted by atomic mass is 9.88. The fraction of sp³-hybridized carbons (Fsp3) is 0.903. The van der Waals surface area contributed by atoms with Gasteiger partial charge in [0.05, 0.1) is 38.1 Å². The van der Waals surface area contributed by atoms with Crippen LogP contribution in [0.2, 0.25) is 0 Å². The molecule has 0 saturated carbocycles. The van der Waals surface area contributed by atoms with E-state index in [0.29, 0.717) is 0 Å². The van der Waals surface area contributed by atoms with E-state index in [2.05, 4.69) is 10.6 Å². The second-order valence-corrected chi connectivity index (χ2v) is 14.1. The number of rotatable bonds is 14. The molecule has 25 heteroatoms. The Labute approximate surface area is 317 Å². The molecule has 4 aliphatic rings. The third-order valence-corrected chi connectivity index (χ3v) is 9.94. The largest absolute Gasteiger partial charge is 0.477 e. The van der Waals surface area contributed by atoms with E-state index in [9.17, 15) is 80.8 Å². The predicted molar refractivity (Wildman–Crippen MR) is 173 cm³/mol. The number of hydrogen-bond acceptors (Lipinski definition) is 22. The Balaban J connectivity index is 1.55. The highest BCUT2D eigenvalue weighted by Crippen LogP contribution is 2.36. The van der Waals surface area contributed by atoms with Gasteiger partial charge in [-0.05, 0) is 6.92 Å². The molecule has 0 aromatic heterocycles. The molecule has 4 fully saturated rings. The van der Waals surface area contributed by atoms with Crippen LogP contribution in [0.4, 0.5) is 0 Å². The Bertz CT molecular complexity index is 1320. The lowest BCUT2D eigenvalue weighted by Gasteiger charge is -2.49. The summed E-state index contributed by atoms with van der Waals surface area (Å²) in [5.41, 5.74) is 0. The van der Waals surface area contributed by atoms with Crippen molar-refractivity contribution in [3.8, 4) is 0 Å². The van der Waals surface area contributed by atoms with E-state index in [-0.39, 0.29) is 0 Å². The molecule has 0 unspecified atom stereocenters. The van der Waals surface area contributed by atoms with Gasteiger partial charge in [0.15, 0.2) is 18.9 Å². The van der Waals surface area contributed by atoms with Gasteiger partial charge in [0.25, 0.3) is 5.79 Å². The summed E-state index contributed by atoms with van der Waals surface area (Å²) < 4.78 is 38.8. The first kappa shape index (κ1) is 46.3. The van der Waals surface area contributed by atoms with Crippen molar-refractivity contribution in [1.29, 1.82) is 0 Å². The van der Waals surface area contributed by atoms with Crippen LogP contribution >= 0.6 is 0 Å². The maximum atomic E-state index is 12.6. The first-order valence-corrected chi connectivity index (χ1v) is 17.6. The van der Waals surface area contributed by atoms with Crippen LogP contribution in [0.5, 0.6) is 0 Å². The lowest BCUT2D eigenvalue weighted by Crippen LogP contribution is -2.69. The molecule has 4 saturated heterocycles. The van der Waals surface area contributed by atoms with Crippen molar-refractivity contribution < 1.29 is 114 Å². The molecular weight excluding hydrogens is 768 g/mol. The Morgan fingerprint density at radius 1 is 0.750 bits per heavy atom. The van der Waals surface area contributed by atoms with Crippen molar-refractivity contribution in [2.75, 3.05) is 19.8 Å². The molecule has 4 aliphatic heterocycles. The highest BCUT2D eigenvalue weighted by molar-refractivity contribution is 5.76. The third-order valence-electron chi connectivity index (χ3n) is 9.94. The van der Waals surface area contributed by atoms with E-state index < -0.39 is 172 Å². The number of nitrogens with one attached hydrogen (secondary N) is 2. The first-order valence-electron chi connectivity index (χ1n) is 17.6. The second kappa shape index (κ2) is 19.1. The van der Waals surface area contributed by atoms with E-state index in [1.165, 1.54) is 6.92 Å². The van der Waals surface area contributed by atoms with Gasteiger partial charge in [0.1, 0.15) is 85.4 Å². The van der Waals surface area contributed by atoms with Crippen molar-refractivity contribution in [3.05, 3.63) is 0 Å². The molecule has 0 aromatic carbocycles. The van der Waals surface area contributed by atoms with Gasteiger partial charge in [-0.3, -0.25) is 9.59 Å². The number of ether oxygens (including phenoxy) is 7. The molecule has 15 N–H and O–H groups in total. The monoisotopic (exact) mass is 820 g/mol. The summed E-state index contributed by atoms with van der Waals surface area (Å²) in [6, 6.07) is -3.13. The van der Waals surface area contributed by atoms with Crippen molar-refractivity contribution in [1.82, 2.24) is 10.6 Å². The molecule has 0 aliphatic carbocycles. The maximum Gasteiger partial charge on any atom is 0.364 e. The molecule has 21 atom stereocenters. The van der Waals surface area contributed by atoms with Gasteiger partial charge < -0.3 is 110 Å². The number of hydrogen-bond donors (Lipinski definition) is 15. The van der Waals surface area contributed by atoms with Crippen molar-refractivity contribution >= 4 is 17.8 Å². The molecule has 4 heterocycles. The van der Waals surface area contributed by atoms with E-state index in [0.717, 1.165) is 13.8 Å². The van der Waals surface area contributed by atoms with Crippen LogP contribution in [-0.2, 0) is 47.5 Å². The van der Waals surface area contributed by atoms with Gasteiger partial charge in [0.2, 0.25) is 11.8 Å². The summed E-state index contributed by atoms with van der Waals surface area (Å²) in [7, 11) is 0. The molecule has 4 rings (SSSR count). The highest BCUT2D eigenvalue weighted by Gasteiger charge is 2.58. The Kier molecular flexibility index (Phi) is 15.8. The quantitative estimate of drug-likeness (QED) is 0.0773. The number of aliphatic hydroxyl groups is 12. The number of carbonyl (C=O) groups excluding carboxylic acids is 2. The predicted octanol–water partition coefficient (Wildman–Crippen LogP) is -9.23. The van der Waals surface area contributed by atoms with Crippen LogP contribution in [0.25, 0.3) is 0 Å². The Morgan fingerprint density at radius 2 is 1.34 bits per heavy atom. The fourth-order valence-corrected chi connectivity index (χ4v) is 6.88. The van der Waals surface area contributed by atoms with Crippen LogP contribution in [0.3, 0.4) is 0 Å². The summed E-state index contributed by atoms with van der Waals surface area (Å²) in [5, 5.41) is 141. The second-order valence-electron chi connectivity index (χ2n) is 14.1. The summed E-state index contributed by atoms with van der Waals surface area (Å²) in [6.07, 6.45) is -33.8. The number of carboxylic acid groups (broad SMARTS) is 1. The molecule has 0 radical (unpaired) electrons. The van der Waals surface area contributed by atoms with E-state index >= 15 is 0 Å². The van der Waals surface area contributed by atoms with Gasteiger partial charge in [-0.2, -0.15) is 0 Å². The Morgan fingerprint density at radius 3 is 1.91 bits per heavy atom. The van der Waals surface area contributed by atoms with Crippen LogP contribution in [0, 0.1) is 0 Å². The zero-order valence-electron chi connectivity index (χ0n) is 30.3. The van der Waals surface area contributed by atoms with Crippen LogP contribution in [0.1, 0.15) is 27.2 Å². The third kappa shape index (κ3) is 9.91. The van der Waals surface area contributed by atoms with E-state index in [4.69, 9.17) is 33.2 Å². The Hall–Kier alpha value is -2.35. The first-order chi connectivity index (χ1) is 26.2.